The highest BCUT2D eigenvalue weighted by atomic mass is 16.3. The van der Waals surface area contributed by atoms with Crippen molar-refractivity contribution >= 4 is 17.8 Å². The molecule has 2 heterocycles. The first-order valence-electron chi connectivity index (χ1n) is 12.8. The number of aliphatic hydroxyl groups excluding tert-OH is 2. The maximum absolute atomic E-state index is 13.4. The minimum absolute atomic E-state index is 0.138. The molecule has 38 heavy (non-hydrogen) atoms. The topological polar surface area (TPSA) is 164 Å². The first-order valence-corrected chi connectivity index (χ1v) is 12.8. The number of β-amino-alcohol motifs (C(OH)–C–C–N with tert-alkyl or cyclic N) is 1. The van der Waals surface area contributed by atoms with Crippen molar-refractivity contribution in [1.82, 2.24) is 23.5 Å². The van der Waals surface area contributed by atoms with Crippen LogP contribution in [0.5, 0.6) is 0 Å². The van der Waals surface area contributed by atoms with E-state index < -0.39 is 71.7 Å². The molecule has 13 heteroatoms. The summed E-state index contributed by atoms with van der Waals surface area (Å²) in [6, 6.07) is -1.45. The van der Waals surface area contributed by atoms with Crippen molar-refractivity contribution in [2.45, 2.75) is 92.3 Å². The Bertz CT molecular complexity index is 1250. The molecule has 0 aliphatic carbocycles. The average Bonchev–Trinajstić information content (AvgIpc) is 2.85. The number of carbonyl (C=O) groups is 3. The van der Waals surface area contributed by atoms with Gasteiger partial charge < -0.3 is 10.2 Å². The molecule has 2 unspecified atom stereocenters. The number of nitrogens with zero attached hydrogens (tertiary/aromatic N) is 5. The Labute approximate surface area is 220 Å². The van der Waals surface area contributed by atoms with E-state index in [1.54, 1.807) is 41.5 Å². The summed E-state index contributed by atoms with van der Waals surface area (Å²) < 4.78 is 2.07. The highest BCUT2D eigenvalue weighted by molar-refractivity contribution is 6.19. The second-order valence-corrected chi connectivity index (χ2v) is 10.2. The predicted molar refractivity (Wildman–Crippen MR) is 138 cm³/mol. The zero-order chi connectivity index (χ0) is 29.1. The molecule has 13 nitrogen and oxygen atoms in total. The number of aromatic nitrogens is 3. The third kappa shape index (κ3) is 5.44. The molecular weight excluding hydrogens is 498 g/mol. The maximum atomic E-state index is 13.4. The second kappa shape index (κ2) is 12.0. The molecule has 1 fully saturated rings. The molecule has 1 saturated heterocycles. The molecule has 0 saturated carbocycles. The molecule has 1 aliphatic rings. The molecule has 0 aromatic carbocycles. The smallest absolute Gasteiger partial charge is 0.336 e. The Hall–Kier alpha value is -3.32. The van der Waals surface area contributed by atoms with Gasteiger partial charge in [-0.15, -0.1) is 6.58 Å². The van der Waals surface area contributed by atoms with Gasteiger partial charge in [0.2, 0.25) is 11.8 Å². The standard InChI is InChI=1S/C25H39N5O8/c1-8-11-26-21(35)28(23(37)29(22(26)36)14-18(32)15(4)5)13-17(31)12-27-19(33)25(9-2,10-3)20(34)30(16(6)7)24(27)38/h8,15-18,31-32H,1,9-14H2,2-7H3. The molecule has 1 aliphatic heterocycles. The van der Waals surface area contributed by atoms with Crippen molar-refractivity contribution in [1.29, 1.82) is 0 Å². The molecule has 2 atom stereocenters. The van der Waals surface area contributed by atoms with Crippen LogP contribution in [0.2, 0.25) is 0 Å². The molecule has 0 spiro atoms. The van der Waals surface area contributed by atoms with Crippen LogP contribution < -0.4 is 17.1 Å². The molecule has 4 amide bonds. The number of carbonyl (C=O) groups excluding carboxylic acids is 3. The Balaban J connectivity index is 2.53. The monoisotopic (exact) mass is 537 g/mol. The van der Waals surface area contributed by atoms with Crippen LogP contribution >= 0.6 is 0 Å². The molecule has 1 aromatic heterocycles. The number of barbiturate groups is 1. The average molecular weight is 538 g/mol. The first kappa shape index (κ1) is 30.9. The molecule has 1 aromatic rings. The van der Waals surface area contributed by atoms with Crippen molar-refractivity contribution in [2.75, 3.05) is 6.54 Å². The number of rotatable bonds is 12. The number of imide groups is 2. The summed E-state index contributed by atoms with van der Waals surface area (Å²) in [5.74, 6) is -1.65. The summed E-state index contributed by atoms with van der Waals surface area (Å²) >= 11 is 0. The number of hydrogen-bond acceptors (Lipinski definition) is 8. The molecule has 2 rings (SSSR count). The normalized spacial score (nSPS) is 17.5. The minimum Gasteiger partial charge on any atom is -0.391 e. The summed E-state index contributed by atoms with van der Waals surface area (Å²) in [7, 11) is 0. The van der Waals surface area contributed by atoms with Gasteiger partial charge in [-0.05, 0) is 32.6 Å². The SMILES string of the molecule is C=CCn1c(=O)n(CC(O)CN2C(=O)N(C(C)C)C(=O)C(CC)(CC)C2=O)c(=O)n(CC(O)C(C)C)c1=O. The second-order valence-electron chi connectivity index (χ2n) is 10.2. The number of urea groups is 1. The summed E-state index contributed by atoms with van der Waals surface area (Å²) in [5, 5.41) is 21.2. The number of hydrogen-bond donors (Lipinski definition) is 2. The van der Waals surface area contributed by atoms with E-state index in [0.29, 0.717) is 9.13 Å². The van der Waals surface area contributed by atoms with Gasteiger partial charge >= 0.3 is 23.1 Å². The highest BCUT2D eigenvalue weighted by Crippen LogP contribution is 2.37. The van der Waals surface area contributed by atoms with E-state index in [9.17, 15) is 39.0 Å². The Morgan fingerprint density at radius 1 is 0.789 bits per heavy atom. The third-order valence-electron chi connectivity index (χ3n) is 7.07. The van der Waals surface area contributed by atoms with Crippen LogP contribution in [-0.2, 0) is 29.2 Å². The van der Waals surface area contributed by atoms with E-state index in [2.05, 4.69) is 6.58 Å². The van der Waals surface area contributed by atoms with Gasteiger partial charge in [0.25, 0.3) is 0 Å². The maximum Gasteiger partial charge on any atom is 0.336 e. The molecule has 0 bridgehead atoms. The van der Waals surface area contributed by atoms with Crippen molar-refractivity contribution in [3.8, 4) is 0 Å². The predicted octanol–water partition coefficient (Wildman–Crippen LogP) is -0.259. The van der Waals surface area contributed by atoms with Gasteiger partial charge in [0.15, 0.2) is 0 Å². The van der Waals surface area contributed by atoms with E-state index >= 15 is 0 Å². The van der Waals surface area contributed by atoms with E-state index in [0.717, 1.165) is 14.4 Å². The van der Waals surface area contributed by atoms with Gasteiger partial charge in [0.05, 0.1) is 38.4 Å². The summed E-state index contributed by atoms with van der Waals surface area (Å²) in [5.41, 5.74) is -4.48. The van der Waals surface area contributed by atoms with E-state index in [1.165, 1.54) is 6.08 Å². The Morgan fingerprint density at radius 2 is 1.29 bits per heavy atom. The molecule has 0 radical (unpaired) electrons. The summed E-state index contributed by atoms with van der Waals surface area (Å²) in [4.78, 5) is 80.4. The van der Waals surface area contributed by atoms with Crippen LogP contribution in [0.25, 0.3) is 0 Å². The number of aliphatic hydroxyl groups is 2. The van der Waals surface area contributed by atoms with Gasteiger partial charge in [-0.25, -0.2) is 32.9 Å². The molecule has 2 N–H and O–H groups in total. The van der Waals surface area contributed by atoms with Gasteiger partial charge in [-0.3, -0.25) is 19.4 Å². The van der Waals surface area contributed by atoms with Crippen LogP contribution in [-0.4, -0.2) is 76.4 Å². The fraction of sp³-hybridized carbons (Fsp3) is 0.680. The lowest BCUT2D eigenvalue weighted by Crippen LogP contribution is -2.67. The lowest BCUT2D eigenvalue weighted by atomic mass is 9.77. The lowest BCUT2D eigenvalue weighted by Gasteiger charge is -2.45. The number of amides is 4. The van der Waals surface area contributed by atoms with Gasteiger partial charge in [-0.2, -0.15) is 0 Å². The van der Waals surface area contributed by atoms with Crippen molar-refractivity contribution in [2.24, 2.45) is 11.3 Å². The summed E-state index contributed by atoms with van der Waals surface area (Å²) in [6.45, 7) is 11.7. The largest absolute Gasteiger partial charge is 0.391 e. The fourth-order valence-electron chi connectivity index (χ4n) is 4.51. The summed E-state index contributed by atoms with van der Waals surface area (Å²) in [6.07, 6.45) is -1.08. The lowest BCUT2D eigenvalue weighted by molar-refractivity contribution is -0.161. The quantitative estimate of drug-likeness (QED) is 0.272. The first-order chi connectivity index (χ1) is 17.7. The van der Waals surface area contributed by atoms with Crippen molar-refractivity contribution < 1.29 is 24.6 Å². The van der Waals surface area contributed by atoms with E-state index in [4.69, 9.17) is 0 Å². The zero-order valence-corrected chi connectivity index (χ0v) is 22.9. The number of allylic oxidation sites excluding steroid dienone is 1. The fourth-order valence-corrected chi connectivity index (χ4v) is 4.51. The van der Waals surface area contributed by atoms with E-state index in [-0.39, 0.29) is 31.8 Å². The van der Waals surface area contributed by atoms with Crippen molar-refractivity contribution in [3.05, 3.63) is 44.1 Å². The van der Waals surface area contributed by atoms with Crippen LogP contribution in [0.4, 0.5) is 4.79 Å². The van der Waals surface area contributed by atoms with Crippen LogP contribution in [0.15, 0.2) is 27.0 Å². The van der Waals surface area contributed by atoms with Gasteiger partial charge in [0, 0.05) is 6.04 Å². The van der Waals surface area contributed by atoms with Gasteiger partial charge in [-0.1, -0.05) is 33.8 Å². The molecule has 212 valence electrons. The van der Waals surface area contributed by atoms with Crippen LogP contribution in [0.1, 0.15) is 54.4 Å². The Morgan fingerprint density at radius 3 is 1.74 bits per heavy atom. The van der Waals surface area contributed by atoms with Crippen molar-refractivity contribution in [3.63, 3.8) is 0 Å². The van der Waals surface area contributed by atoms with Gasteiger partial charge in [0.1, 0.15) is 5.41 Å². The third-order valence-corrected chi connectivity index (χ3v) is 7.07. The molecular formula is C25H39N5O8. The Kier molecular flexibility index (Phi) is 9.78. The zero-order valence-electron chi connectivity index (χ0n) is 22.9. The highest BCUT2D eigenvalue weighted by Gasteiger charge is 2.56. The van der Waals surface area contributed by atoms with E-state index in [1.807, 2.05) is 0 Å². The van der Waals surface area contributed by atoms with Crippen LogP contribution in [0, 0.1) is 11.3 Å². The van der Waals surface area contributed by atoms with Crippen LogP contribution in [0.3, 0.4) is 0 Å². The minimum atomic E-state index is -1.58.